The molecule has 5 heteroatoms. The molecule has 0 spiro atoms. The molecule has 1 aromatic rings. The summed E-state index contributed by atoms with van der Waals surface area (Å²) in [5.41, 5.74) is 1.48. The first-order valence-electron chi connectivity index (χ1n) is 6.35. The summed E-state index contributed by atoms with van der Waals surface area (Å²) < 4.78 is 0. The Balaban J connectivity index is 1.94. The van der Waals surface area contributed by atoms with E-state index in [1.165, 1.54) is 12.2 Å². The maximum absolute atomic E-state index is 12.1. The molecule has 0 radical (unpaired) electrons. The van der Waals surface area contributed by atoms with Crippen LogP contribution in [0.3, 0.4) is 0 Å². The van der Waals surface area contributed by atoms with Crippen LogP contribution in [0, 0.1) is 5.92 Å². The van der Waals surface area contributed by atoms with Crippen LogP contribution in [0.4, 0.5) is 5.69 Å². The second-order valence-electron chi connectivity index (χ2n) is 4.39. The number of thioether (sulfide) groups is 1. The third kappa shape index (κ3) is 3.38. The number of carbonyl (C=O) groups excluding carboxylic acids is 1. The van der Waals surface area contributed by atoms with Crippen molar-refractivity contribution in [3.8, 4) is 0 Å². The maximum atomic E-state index is 12.1. The highest BCUT2D eigenvalue weighted by Crippen LogP contribution is 2.22. The van der Waals surface area contributed by atoms with Crippen LogP contribution in [0.2, 0.25) is 0 Å². The summed E-state index contributed by atoms with van der Waals surface area (Å²) >= 11 is 1.97. The molecule has 1 fully saturated rings. The third-order valence-electron chi connectivity index (χ3n) is 3.01. The summed E-state index contributed by atoms with van der Waals surface area (Å²) in [6.07, 6.45) is 4.56. The molecular formula is C13H19N3OS. The molecule has 2 N–H and O–H groups in total. The monoisotopic (exact) mass is 265 g/mol. The van der Waals surface area contributed by atoms with Gasteiger partial charge in [0.2, 0.25) is 0 Å². The van der Waals surface area contributed by atoms with Crippen LogP contribution in [-0.2, 0) is 0 Å². The molecule has 4 nitrogen and oxygen atoms in total. The first-order chi connectivity index (χ1) is 8.81. The second-order valence-corrected chi connectivity index (χ2v) is 5.54. The minimum atomic E-state index is -0.00903. The van der Waals surface area contributed by atoms with E-state index in [4.69, 9.17) is 0 Å². The van der Waals surface area contributed by atoms with Gasteiger partial charge in [0, 0.05) is 19.3 Å². The Morgan fingerprint density at radius 3 is 3.22 bits per heavy atom. The molecule has 98 valence electrons. The van der Waals surface area contributed by atoms with Crippen LogP contribution in [0.25, 0.3) is 0 Å². The number of rotatable bonds is 5. The summed E-state index contributed by atoms with van der Waals surface area (Å²) in [4.78, 5) is 16.1. The first-order valence-corrected chi connectivity index (χ1v) is 7.50. The van der Waals surface area contributed by atoms with E-state index in [-0.39, 0.29) is 5.91 Å². The number of pyridine rings is 1. The molecule has 0 bridgehead atoms. The fourth-order valence-corrected chi connectivity index (χ4v) is 3.28. The molecule has 2 heterocycles. The van der Waals surface area contributed by atoms with Gasteiger partial charge < -0.3 is 10.6 Å². The number of anilines is 1. The lowest BCUT2D eigenvalue weighted by Crippen LogP contribution is -2.29. The van der Waals surface area contributed by atoms with E-state index in [1.807, 2.05) is 18.7 Å². The molecule has 1 aliphatic rings. The number of amides is 1. The second kappa shape index (κ2) is 6.64. The van der Waals surface area contributed by atoms with Crippen LogP contribution >= 0.6 is 11.8 Å². The molecule has 0 aromatic carbocycles. The van der Waals surface area contributed by atoms with Gasteiger partial charge in [-0.15, -0.1) is 0 Å². The highest BCUT2D eigenvalue weighted by atomic mass is 32.2. The number of nitrogens with zero attached hydrogens (tertiary/aromatic N) is 1. The average Bonchev–Trinajstić information content (AvgIpc) is 2.90. The van der Waals surface area contributed by atoms with Gasteiger partial charge in [-0.3, -0.25) is 9.78 Å². The Bertz CT molecular complexity index is 405. The molecule has 18 heavy (non-hydrogen) atoms. The Kier molecular flexibility index (Phi) is 4.87. The van der Waals surface area contributed by atoms with E-state index < -0.39 is 0 Å². The molecule has 1 unspecified atom stereocenters. The van der Waals surface area contributed by atoms with Gasteiger partial charge in [0.05, 0.1) is 17.4 Å². The van der Waals surface area contributed by atoms with Gasteiger partial charge in [-0.2, -0.15) is 11.8 Å². The quantitative estimate of drug-likeness (QED) is 0.855. The van der Waals surface area contributed by atoms with E-state index in [1.54, 1.807) is 18.5 Å². The van der Waals surface area contributed by atoms with Crippen LogP contribution in [0.15, 0.2) is 18.5 Å². The molecular weight excluding hydrogens is 246 g/mol. The van der Waals surface area contributed by atoms with E-state index in [9.17, 15) is 4.79 Å². The summed E-state index contributed by atoms with van der Waals surface area (Å²) in [7, 11) is 0. The Hall–Kier alpha value is -1.23. The van der Waals surface area contributed by atoms with E-state index in [2.05, 4.69) is 15.6 Å². The van der Waals surface area contributed by atoms with Gasteiger partial charge in [0.1, 0.15) is 0 Å². The molecule has 0 saturated carbocycles. The number of nitrogens with one attached hydrogen (secondary N) is 2. The number of hydrogen-bond donors (Lipinski definition) is 2. The fourth-order valence-electron chi connectivity index (χ4n) is 2.00. The zero-order chi connectivity index (χ0) is 12.8. The SMILES string of the molecule is CCNc1cnccc1C(=O)NCC1CCSC1. The van der Waals surface area contributed by atoms with Gasteiger partial charge in [-0.05, 0) is 36.8 Å². The number of aromatic nitrogens is 1. The zero-order valence-electron chi connectivity index (χ0n) is 10.6. The predicted octanol–water partition coefficient (Wildman–Crippen LogP) is 2.00. The fraction of sp³-hybridized carbons (Fsp3) is 0.538. The summed E-state index contributed by atoms with van der Waals surface area (Å²) in [5.74, 6) is 3.00. The maximum Gasteiger partial charge on any atom is 0.253 e. The summed E-state index contributed by atoms with van der Waals surface area (Å²) in [5, 5.41) is 6.18. The van der Waals surface area contributed by atoms with Crippen molar-refractivity contribution in [2.75, 3.05) is 29.9 Å². The number of hydrogen-bond acceptors (Lipinski definition) is 4. The van der Waals surface area contributed by atoms with Crippen molar-refractivity contribution in [1.29, 1.82) is 0 Å². The standard InChI is InChI=1S/C13H19N3OS/c1-2-15-12-8-14-5-3-11(12)13(17)16-7-10-4-6-18-9-10/h3,5,8,10,15H,2,4,6-7,9H2,1H3,(H,16,17). The highest BCUT2D eigenvalue weighted by molar-refractivity contribution is 7.99. The largest absolute Gasteiger partial charge is 0.383 e. The smallest absolute Gasteiger partial charge is 0.253 e. The molecule has 1 atom stereocenters. The minimum absolute atomic E-state index is 0.00903. The van der Waals surface area contributed by atoms with Crippen molar-refractivity contribution in [1.82, 2.24) is 10.3 Å². The van der Waals surface area contributed by atoms with Crippen LogP contribution in [-0.4, -0.2) is 35.5 Å². The van der Waals surface area contributed by atoms with Crippen LogP contribution < -0.4 is 10.6 Å². The Morgan fingerprint density at radius 2 is 2.50 bits per heavy atom. The highest BCUT2D eigenvalue weighted by Gasteiger charge is 2.17. The van der Waals surface area contributed by atoms with Crippen LogP contribution in [0.1, 0.15) is 23.7 Å². The molecule has 1 amide bonds. The van der Waals surface area contributed by atoms with Gasteiger partial charge in [0.15, 0.2) is 0 Å². The van der Waals surface area contributed by atoms with Crippen molar-refractivity contribution in [2.45, 2.75) is 13.3 Å². The molecule has 0 aliphatic carbocycles. The van der Waals surface area contributed by atoms with Crippen molar-refractivity contribution in [2.24, 2.45) is 5.92 Å². The van der Waals surface area contributed by atoms with E-state index >= 15 is 0 Å². The van der Waals surface area contributed by atoms with Crippen molar-refractivity contribution in [3.63, 3.8) is 0 Å². The molecule has 2 rings (SSSR count). The van der Waals surface area contributed by atoms with E-state index in [0.29, 0.717) is 11.5 Å². The first kappa shape index (κ1) is 13.2. The Labute approximate surface area is 112 Å². The van der Waals surface area contributed by atoms with Gasteiger partial charge >= 0.3 is 0 Å². The number of carbonyl (C=O) groups is 1. The van der Waals surface area contributed by atoms with E-state index in [0.717, 1.165) is 24.5 Å². The zero-order valence-corrected chi connectivity index (χ0v) is 11.4. The normalized spacial score (nSPS) is 18.6. The molecule has 1 saturated heterocycles. The van der Waals surface area contributed by atoms with Crippen molar-refractivity contribution < 1.29 is 4.79 Å². The molecule has 1 aromatic heterocycles. The van der Waals surface area contributed by atoms with Crippen molar-refractivity contribution in [3.05, 3.63) is 24.0 Å². The topological polar surface area (TPSA) is 54.0 Å². The lowest BCUT2D eigenvalue weighted by Gasteiger charge is -2.12. The lowest BCUT2D eigenvalue weighted by atomic mass is 10.1. The third-order valence-corrected chi connectivity index (χ3v) is 4.24. The minimum Gasteiger partial charge on any atom is -0.383 e. The van der Waals surface area contributed by atoms with Crippen LogP contribution in [0.5, 0.6) is 0 Å². The Morgan fingerprint density at radius 1 is 1.61 bits per heavy atom. The lowest BCUT2D eigenvalue weighted by molar-refractivity contribution is 0.0949. The van der Waals surface area contributed by atoms with Crippen molar-refractivity contribution >= 4 is 23.4 Å². The van der Waals surface area contributed by atoms with Gasteiger partial charge in [0.25, 0.3) is 5.91 Å². The van der Waals surface area contributed by atoms with Gasteiger partial charge in [-0.25, -0.2) is 0 Å². The summed E-state index contributed by atoms with van der Waals surface area (Å²) in [6.45, 7) is 3.56. The predicted molar refractivity (Wildman–Crippen MR) is 76.2 cm³/mol. The molecule has 1 aliphatic heterocycles. The van der Waals surface area contributed by atoms with Gasteiger partial charge in [-0.1, -0.05) is 0 Å². The average molecular weight is 265 g/mol. The summed E-state index contributed by atoms with van der Waals surface area (Å²) in [6, 6.07) is 1.76.